The van der Waals surface area contributed by atoms with Gasteiger partial charge in [-0.3, -0.25) is 0 Å². The van der Waals surface area contributed by atoms with Crippen molar-refractivity contribution in [3.8, 4) is 11.6 Å². The Morgan fingerprint density at radius 1 is 1.34 bits per heavy atom. The molecule has 6 nitrogen and oxygen atoms in total. The van der Waals surface area contributed by atoms with E-state index in [1.807, 2.05) is 12.3 Å². The number of amides is 2. The van der Waals surface area contributed by atoms with Crippen molar-refractivity contribution in [1.82, 2.24) is 20.6 Å². The van der Waals surface area contributed by atoms with Crippen molar-refractivity contribution in [2.45, 2.75) is 32.4 Å². The number of carbonyl (C=O) groups excluding carboxylic acids is 1. The number of carbonyl (C=O) groups is 1. The van der Waals surface area contributed by atoms with E-state index in [4.69, 9.17) is 4.74 Å². The molecule has 1 aliphatic rings. The summed E-state index contributed by atoms with van der Waals surface area (Å²) in [4.78, 5) is 21.0. The number of ether oxygens (including phenoxy) is 1. The second kappa shape index (κ2) is 8.57. The minimum Gasteiger partial charge on any atom is -0.436 e. The molecule has 3 aromatic rings. The Morgan fingerprint density at radius 3 is 2.90 bits per heavy atom. The molecule has 150 valence electrons. The van der Waals surface area contributed by atoms with Crippen LogP contribution >= 0.6 is 11.3 Å². The second-order valence-electron chi connectivity index (χ2n) is 7.00. The highest BCUT2D eigenvalue weighted by molar-refractivity contribution is 7.09. The Morgan fingerprint density at radius 2 is 2.17 bits per heavy atom. The van der Waals surface area contributed by atoms with Crippen LogP contribution < -0.4 is 15.4 Å². The van der Waals surface area contributed by atoms with Gasteiger partial charge in [-0.1, -0.05) is 12.1 Å². The van der Waals surface area contributed by atoms with E-state index in [-0.39, 0.29) is 23.7 Å². The highest BCUT2D eigenvalue weighted by atomic mass is 32.1. The fourth-order valence-corrected chi connectivity index (χ4v) is 3.90. The molecule has 0 spiro atoms. The van der Waals surface area contributed by atoms with Gasteiger partial charge >= 0.3 is 6.03 Å². The fraction of sp³-hybridized carbons (Fsp3) is 0.286. The van der Waals surface area contributed by atoms with Gasteiger partial charge in [-0.25, -0.2) is 19.2 Å². The van der Waals surface area contributed by atoms with Gasteiger partial charge in [0.05, 0.1) is 6.04 Å². The van der Waals surface area contributed by atoms with E-state index in [2.05, 4.69) is 20.6 Å². The van der Waals surface area contributed by atoms with Crippen molar-refractivity contribution in [3.63, 3.8) is 0 Å². The largest absolute Gasteiger partial charge is 0.436 e. The molecule has 0 aliphatic heterocycles. The lowest BCUT2D eigenvalue weighted by Gasteiger charge is -2.16. The smallest absolute Gasteiger partial charge is 0.315 e. The summed E-state index contributed by atoms with van der Waals surface area (Å²) in [7, 11) is 0. The Hall–Kier alpha value is -3.00. The quantitative estimate of drug-likeness (QED) is 0.588. The van der Waals surface area contributed by atoms with Crippen molar-refractivity contribution < 1.29 is 13.9 Å². The van der Waals surface area contributed by atoms with Gasteiger partial charge in [0.25, 0.3) is 0 Å². The van der Waals surface area contributed by atoms with Crippen LogP contribution in [0.15, 0.2) is 48.0 Å². The first kappa shape index (κ1) is 19.3. The van der Waals surface area contributed by atoms with Gasteiger partial charge in [0.15, 0.2) is 11.6 Å². The number of halogens is 1. The number of pyridine rings is 1. The third-order valence-electron chi connectivity index (χ3n) is 4.59. The summed E-state index contributed by atoms with van der Waals surface area (Å²) >= 11 is 1.58. The predicted octanol–water partition coefficient (Wildman–Crippen LogP) is 4.73. The number of urea groups is 1. The predicted molar refractivity (Wildman–Crippen MR) is 108 cm³/mol. The van der Waals surface area contributed by atoms with Gasteiger partial charge in [-0.15, -0.1) is 11.3 Å². The Bertz CT molecular complexity index is 1010. The normalized spacial score (nSPS) is 14.3. The molecule has 2 aromatic heterocycles. The van der Waals surface area contributed by atoms with Crippen LogP contribution in [0.2, 0.25) is 0 Å². The lowest BCUT2D eigenvalue weighted by molar-refractivity contribution is 0.235. The van der Waals surface area contributed by atoms with E-state index in [1.165, 1.54) is 12.1 Å². The van der Waals surface area contributed by atoms with Gasteiger partial charge in [-0.05, 0) is 49.4 Å². The molecule has 2 heterocycles. The van der Waals surface area contributed by atoms with E-state index >= 15 is 0 Å². The first-order valence-corrected chi connectivity index (χ1v) is 10.3. The van der Waals surface area contributed by atoms with Crippen molar-refractivity contribution in [2.24, 2.45) is 5.92 Å². The van der Waals surface area contributed by atoms with Crippen LogP contribution in [0, 0.1) is 18.7 Å². The van der Waals surface area contributed by atoms with Gasteiger partial charge in [-0.2, -0.15) is 0 Å². The molecule has 0 radical (unpaired) electrons. The number of thiazole rings is 1. The molecule has 4 rings (SSSR count). The zero-order chi connectivity index (χ0) is 20.2. The molecule has 1 aliphatic carbocycles. The van der Waals surface area contributed by atoms with Gasteiger partial charge in [0.1, 0.15) is 5.01 Å². The number of aryl methyl sites for hydroxylation is 1. The maximum Gasteiger partial charge on any atom is 0.315 e. The molecule has 1 atom stereocenters. The number of rotatable bonds is 7. The second-order valence-corrected chi connectivity index (χ2v) is 7.89. The standard InChI is InChI=1S/C21H21FN4O2S/c1-13-12-29-20(25-13)19(15-6-7-15)26-21(27)24-11-14-8-9-23-18(10-14)28-17-5-3-2-4-16(17)22/h2-5,8-10,12,15,19H,6-7,11H2,1H3,(H2,24,26,27). The van der Waals surface area contributed by atoms with E-state index in [1.54, 1.807) is 41.8 Å². The molecule has 8 heteroatoms. The number of benzene rings is 1. The third-order valence-corrected chi connectivity index (χ3v) is 5.63. The molecule has 1 saturated carbocycles. The average molecular weight is 412 g/mol. The van der Waals surface area contributed by atoms with Crippen LogP contribution in [0.5, 0.6) is 11.6 Å². The van der Waals surface area contributed by atoms with Crippen molar-refractivity contribution in [2.75, 3.05) is 0 Å². The zero-order valence-electron chi connectivity index (χ0n) is 15.9. The Balaban J connectivity index is 1.35. The van der Waals surface area contributed by atoms with E-state index < -0.39 is 5.82 Å². The number of hydrogen-bond donors (Lipinski definition) is 2. The minimum absolute atomic E-state index is 0.0499. The molecule has 1 aromatic carbocycles. The molecule has 29 heavy (non-hydrogen) atoms. The summed E-state index contributed by atoms with van der Waals surface area (Å²) in [5, 5.41) is 8.85. The molecule has 2 N–H and O–H groups in total. The fourth-order valence-electron chi connectivity index (χ4n) is 2.96. The maximum atomic E-state index is 13.7. The van der Waals surface area contributed by atoms with E-state index in [9.17, 15) is 9.18 Å². The summed E-state index contributed by atoms with van der Waals surface area (Å²) in [6, 6.07) is 9.30. The van der Waals surface area contributed by atoms with Crippen LogP contribution in [-0.4, -0.2) is 16.0 Å². The van der Waals surface area contributed by atoms with Crippen LogP contribution in [0.25, 0.3) is 0 Å². The molecule has 2 amide bonds. The Kier molecular flexibility index (Phi) is 5.71. The molecule has 1 fully saturated rings. The summed E-state index contributed by atoms with van der Waals surface area (Å²) in [5.41, 5.74) is 1.77. The summed E-state index contributed by atoms with van der Waals surface area (Å²) in [6.45, 7) is 2.25. The Labute approximate surface area is 172 Å². The van der Waals surface area contributed by atoms with E-state index in [0.29, 0.717) is 12.5 Å². The minimum atomic E-state index is -0.458. The summed E-state index contributed by atoms with van der Waals surface area (Å²) in [6.07, 6.45) is 3.77. The van der Waals surface area contributed by atoms with Crippen LogP contribution in [0.1, 0.15) is 35.1 Å². The first-order chi connectivity index (χ1) is 14.1. The van der Waals surface area contributed by atoms with Gasteiger partial charge in [0, 0.05) is 29.9 Å². The highest BCUT2D eigenvalue weighted by Crippen LogP contribution is 2.41. The lowest BCUT2D eigenvalue weighted by atomic mass is 10.2. The maximum absolute atomic E-state index is 13.7. The van der Waals surface area contributed by atoms with Crippen LogP contribution in [-0.2, 0) is 6.54 Å². The molecule has 0 bridgehead atoms. The molecular formula is C21H21FN4O2S. The molecule has 1 unspecified atom stereocenters. The molecule has 0 saturated heterocycles. The third kappa shape index (κ3) is 5.08. The van der Waals surface area contributed by atoms with Gasteiger partial charge < -0.3 is 15.4 Å². The monoisotopic (exact) mass is 412 g/mol. The zero-order valence-corrected chi connectivity index (χ0v) is 16.7. The topological polar surface area (TPSA) is 76.1 Å². The van der Waals surface area contributed by atoms with Crippen LogP contribution in [0.4, 0.5) is 9.18 Å². The average Bonchev–Trinajstić information content (AvgIpc) is 3.47. The van der Waals surface area contributed by atoms with Gasteiger partial charge in [0.2, 0.25) is 5.88 Å². The number of nitrogens with one attached hydrogen (secondary N) is 2. The number of para-hydroxylation sites is 1. The van der Waals surface area contributed by atoms with Crippen molar-refractivity contribution >= 4 is 17.4 Å². The lowest BCUT2D eigenvalue weighted by Crippen LogP contribution is -2.38. The van der Waals surface area contributed by atoms with Crippen molar-refractivity contribution in [1.29, 1.82) is 0 Å². The molecular weight excluding hydrogens is 391 g/mol. The number of aromatic nitrogens is 2. The van der Waals surface area contributed by atoms with Crippen molar-refractivity contribution in [3.05, 3.63) is 70.1 Å². The van der Waals surface area contributed by atoms with E-state index in [0.717, 1.165) is 29.1 Å². The SMILES string of the molecule is Cc1csc(C(NC(=O)NCc2ccnc(Oc3ccccc3F)c2)C2CC2)n1. The summed E-state index contributed by atoms with van der Waals surface area (Å²) < 4.78 is 19.2. The number of nitrogens with zero attached hydrogens (tertiary/aromatic N) is 2. The summed E-state index contributed by atoms with van der Waals surface area (Å²) in [5.74, 6) is 0.367. The number of hydrogen-bond acceptors (Lipinski definition) is 5. The first-order valence-electron chi connectivity index (χ1n) is 9.42. The van der Waals surface area contributed by atoms with Crippen LogP contribution in [0.3, 0.4) is 0 Å². The highest BCUT2D eigenvalue weighted by Gasteiger charge is 2.35.